The summed E-state index contributed by atoms with van der Waals surface area (Å²) in [5.41, 5.74) is 2.00. The lowest BCUT2D eigenvalue weighted by atomic mass is 10.0. The molecule has 0 fully saturated rings. The first-order valence-electron chi connectivity index (χ1n) is 5.31. The zero-order valence-corrected chi connectivity index (χ0v) is 10.1. The van der Waals surface area contributed by atoms with Crippen LogP contribution in [0.5, 0.6) is 5.75 Å². The Kier molecular flexibility index (Phi) is 2.95. The smallest absolute Gasteiger partial charge is 0.213 e. The first-order valence-corrected chi connectivity index (χ1v) is 5.31. The van der Waals surface area contributed by atoms with Crippen molar-refractivity contribution in [2.45, 2.75) is 6.92 Å². The molecule has 0 aliphatic rings. The van der Waals surface area contributed by atoms with Crippen molar-refractivity contribution in [3.8, 4) is 5.75 Å². The van der Waals surface area contributed by atoms with Gasteiger partial charge in [-0.25, -0.2) is 0 Å². The van der Waals surface area contributed by atoms with Gasteiger partial charge in [-0.1, -0.05) is 0 Å². The van der Waals surface area contributed by atoms with Crippen LogP contribution in [0.3, 0.4) is 0 Å². The van der Waals surface area contributed by atoms with Gasteiger partial charge in [-0.15, -0.1) is 0 Å². The first kappa shape index (κ1) is 11.4. The van der Waals surface area contributed by atoms with E-state index < -0.39 is 0 Å². The monoisotopic (exact) mass is 230 g/mol. The maximum Gasteiger partial charge on any atom is 0.213 e. The van der Waals surface area contributed by atoms with E-state index >= 15 is 0 Å². The largest absolute Gasteiger partial charge is 0.497 e. The third-order valence-corrected chi connectivity index (χ3v) is 2.62. The van der Waals surface area contributed by atoms with Crippen molar-refractivity contribution in [2.75, 3.05) is 7.11 Å². The summed E-state index contributed by atoms with van der Waals surface area (Å²) in [5.74, 6) is 0.686. The Morgan fingerprint density at radius 3 is 2.65 bits per heavy atom. The van der Waals surface area contributed by atoms with E-state index in [0.29, 0.717) is 11.3 Å². The summed E-state index contributed by atoms with van der Waals surface area (Å²) in [6.45, 7) is 1.89. The number of carbonyl (C=O) groups excluding carboxylic acids is 1. The van der Waals surface area contributed by atoms with Crippen LogP contribution in [0.4, 0.5) is 0 Å². The maximum atomic E-state index is 12.2. The molecule has 2 aromatic rings. The molecule has 0 aliphatic heterocycles. The Balaban J connectivity index is 2.37. The lowest BCUT2D eigenvalue weighted by molar-refractivity contribution is 0.103. The third-order valence-electron chi connectivity index (χ3n) is 2.62. The Bertz CT molecular complexity index is 558. The summed E-state index contributed by atoms with van der Waals surface area (Å²) in [5, 5.41) is 4.11. The molecule has 0 saturated carbocycles. The molecule has 4 nitrogen and oxygen atoms in total. The molecule has 0 radical (unpaired) electrons. The van der Waals surface area contributed by atoms with Crippen molar-refractivity contribution in [1.82, 2.24) is 9.78 Å². The lowest BCUT2D eigenvalue weighted by Gasteiger charge is -2.05. The van der Waals surface area contributed by atoms with Crippen LogP contribution in [0.2, 0.25) is 0 Å². The highest BCUT2D eigenvalue weighted by Crippen LogP contribution is 2.19. The quantitative estimate of drug-likeness (QED) is 0.757. The second-order valence-corrected chi connectivity index (χ2v) is 3.88. The van der Waals surface area contributed by atoms with Crippen LogP contribution >= 0.6 is 0 Å². The summed E-state index contributed by atoms with van der Waals surface area (Å²) < 4.78 is 6.73. The van der Waals surface area contributed by atoms with Crippen molar-refractivity contribution < 1.29 is 9.53 Å². The molecule has 0 amide bonds. The minimum absolute atomic E-state index is 0.0641. The number of aryl methyl sites for hydroxylation is 2. The molecule has 0 unspecified atom stereocenters. The van der Waals surface area contributed by atoms with Crippen molar-refractivity contribution in [1.29, 1.82) is 0 Å². The van der Waals surface area contributed by atoms with Crippen LogP contribution in [0.25, 0.3) is 0 Å². The molecular formula is C13H14N2O2. The van der Waals surface area contributed by atoms with Gasteiger partial charge in [0.2, 0.25) is 5.78 Å². The molecule has 0 atom stereocenters. The number of ketones is 1. The maximum absolute atomic E-state index is 12.2. The Hall–Kier alpha value is -2.10. The summed E-state index contributed by atoms with van der Waals surface area (Å²) in [6.07, 6.45) is 1.76. The fourth-order valence-corrected chi connectivity index (χ4v) is 1.69. The number of rotatable bonds is 3. The van der Waals surface area contributed by atoms with E-state index in [2.05, 4.69) is 5.10 Å². The van der Waals surface area contributed by atoms with E-state index in [4.69, 9.17) is 4.74 Å². The standard InChI is InChI=1S/C13H14N2O2/c1-9-8-10(17-3)4-5-11(9)13(16)12-6-7-15(2)14-12/h4-8H,1-3H3. The minimum atomic E-state index is -0.0641. The number of ether oxygens (including phenoxy) is 1. The molecule has 0 aliphatic carbocycles. The SMILES string of the molecule is COc1ccc(C(=O)c2ccn(C)n2)c(C)c1. The highest BCUT2D eigenvalue weighted by atomic mass is 16.5. The fourth-order valence-electron chi connectivity index (χ4n) is 1.69. The van der Waals surface area contributed by atoms with Gasteiger partial charge in [-0.05, 0) is 36.8 Å². The van der Waals surface area contributed by atoms with Gasteiger partial charge in [-0.2, -0.15) is 5.10 Å². The van der Waals surface area contributed by atoms with Crippen LogP contribution < -0.4 is 4.74 Å². The average molecular weight is 230 g/mol. The Morgan fingerprint density at radius 2 is 2.12 bits per heavy atom. The number of nitrogens with zero attached hydrogens (tertiary/aromatic N) is 2. The zero-order chi connectivity index (χ0) is 12.4. The normalized spacial score (nSPS) is 10.3. The van der Waals surface area contributed by atoms with Gasteiger partial charge in [0.15, 0.2) is 0 Å². The minimum Gasteiger partial charge on any atom is -0.497 e. The molecule has 1 heterocycles. The van der Waals surface area contributed by atoms with Crippen LogP contribution in [-0.2, 0) is 7.05 Å². The summed E-state index contributed by atoms with van der Waals surface area (Å²) in [6, 6.07) is 7.11. The lowest BCUT2D eigenvalue weighted by Crippen LogP contribution is -2.05. The predicted octanol–water partition coefficient (Wildman–Crippen LogP) is 1.97. The van der Waals surface area contributed by atoms with Gasteiger partial charge >= 0.3 is 0 Å². The number of aromatic nitrogens is 2. The van der Waals surface area contributed by atoms with Crippen LogP contribution in [0, 0.1) is 6.92 Å². The molecule has 0 N–H and O–H groups in total. The van der Waals surface area contributed by atoms with E-state index in [-0.39, 0.29) is 5.78 Å². The van der Waals surface area contributed by atoms with Gasteiger partial charge < -0.3 is 4.74 Å². The first-order chi connectivity index (χ1) is 8.11. The third kappa shape index (κ3) is 2.20. The van der Waals surface area contributed by atoms with Gasteiger partial charge in [0, 0.05) is 18.8 Å². The fraction of sp³-hybridized carbons (Fsp3) is 0.231. The molecule has 17 heavy (non-hydrogen) atoms. The number of hydrogen-bond acceptors (Lipinski definition) is 3. The summed E-state index contributed by atoms with van der Waals surface area (Å²) >= 11 is 0. The molecule has 0 spiro atoms. The zero-order valence-electron chi connectivity index (χ0n) is 10.1. The number of methoxy groups -OCH3 is 1. The summed E-state index contributed by atoms with van der Waals surface area (Å²) in [4.78, 5) is 12.2. The molecule has 0 saturated heterocycles. The van der Waals surface area contributed by atoms with Crippen LogP contribution in [0.1, 0.15) is 21.6 Å². The number of benzene rings is 1. The van der Waals surface area contributed by atoms with E-state index in [0.717, 1.165) is 11.3 Å². The van der Waals surface area contributed by atoms with Gasteiger partial charge in [0.1, 0.15) is 11.4 Å². The molecular weight excluding hydrogens is 216 g/mol. The van der Waals surface area contributed by atoms with E-state index in [1.165, 1.54) is 0 Å². The van der Waals surface area contributed by atoms with E-state index in [1.54, 1.807) is 43.2 Å². The highest BCUT2D eigenvalue weighted by Gasteiger charge is 2.14. The van der Waals surface area contributed by atoms with E-state index in [1.807, 2.05) is 13.0 Å². The highest BCUT2D eigenvalue weighted by molar-refractivity contribution is 6.08. The van der Waals surface area contributed by atoms with Crippen molar-refractivity contribution >= 4 is 5.78 Å². The number of hydrogen-bond donors (Lipinski definition) is 0. The second-order valence-electron chi connectivity index (χ2n) is 3.88. The molecule has 0 bridgehead atoms. The average Bonchev–Trinajstić information content (AvgIpc) is 2.75. The van der Waals surface area contributed by atoms with Gasteiger partial charge in [0.25, 0.3) is 0 Å². The summed E-state index contributed by atoms with van der Waals surface area (Å²) in [7, 11) is 3.40. The topological polar surface area (TPSA) is 44.1 Å². The second kappa shape index (κ2) is 4.41. The van der Waals surface area contributed by atoms with E-state index in [9.17, 15) is 4.79 Å². The Morgan fingerprint density at radius 1 is 1.35 bits per heavy atom. The predicted molar refractivity (Wildman–Crippen MR) is 64.4 cm³/mol. The van der Waals surface area contributed by atoms with Crippen molar-refractivity contribution in [2.24, 2.45) is 7.05 Å². The molecule has 2 rings (SSSR count). The van der Waals surface area contributed by atoms with Crippen LogP contribution in [0.15, 0.2) is 30.5 Å². The van der Waals surface area contributed by atoms with Crippen molar-refractivity contribution in [3.63, 3.8) is 0 Å². The number of carbonyl (C=O) groups is 1. The van der Waals surface area contributed by atoms with Gasteiger partial charge in [0.05, 0.1) is 7.11 Å². The van der Waals surface area contributed by atoms with Crippen LogP contribution in [-0.4, -0.2) is 22.7 Å². The van der Waals surface area contributed by atoms with Gasteiger partial charge in [-0.3, -0.25) is 9.48 Å². The molecule has 1 aromatic carbocycles. The molecule has 1 aromatic heterocycles. The Labute approximate surface area is 99.8 Å². The molecule has 88 valence electrons. The van der Waals surface area contributed by atoms with Crippen molar-refractivity contribution in [3.05, 3.63) is 47.3 Å². The molecule has 4 heteroatoms.